The Balaban J connectivity index is 0.000000423. The molecular formula is C10H14BrNO3. The number of anilines is 1. The van der Waals surface area contributed by atoms with Crippen molar-refractivity contribution in [2.75, 3.05) is 12.8 Å². The number of nitrogens with two attached hydrogens (primary N) is 1. The van der Waals surface area contributed by atoms with Crippen LogP contribution in [0.3, 0.4) is 0 Å². The van der Waals surface area contributed by atoms with Crippen LogP contribution in [-0.4, -0.2) is 18.2 Å². The summed E-state index contributed by atoms with van der Waals surface area (Å²) < 4.78 is 5.99. The molecule has 0 atom stereocenters. The number of carboxylic acids is 1. The lowest BCUT2D eigenvalue weighted by Crippen LogP contribution is -1.92. The van der Waals surface area contributed by atoms with Crippen molar-refractivity contribution in [3.05, 3.63) is 22.2 Å². The summed E-state index contributed by atoms with van der Waals surface area (Å²) in [5.41, 5.74) is 7.47. The van der Waals surface area contributed by atoms with E-state index in [1.165, 1.54) is 0 Å². The molecule has 0 saturated carbocycles. The zero-order valence-electron chi connectivity index (χ0n) is 8.87. The van der Waals surface area contributed by atoms with Crippen molar-refractivity contribution >= 4 is 27.6 Å². The Kier molecular flexibility index (Phi) is 5.77. The van der Waals surface area contributed by atoms with Gasteiger partial charge < -0.3 is 15.6 Å². The van der Waals surface area contributed by atoms with Crippen molar-refractivity contribution in [2.45, 2.75) is 13.8 Å². The first-order valence-electron chi connectivity index (χ1n) is 4.17. The number of aliphatic carboxylic acids is 1. The Morgan fingerprint density at radius 3 is 2.40 bits per heavy atom. The largest absolute Gasteiger partial charge is 0.495 e. The highest BCUT2D eigenvalue weighted by molar-refractivity contribution is 9.10. The third-order valence-electron chi connectivity index (χ3n) is 1.54. The standard InChI is InChI=1S/C8H10BrNO.C2H4O2/c1-5-3-6(9)8(11-2)4-7(5)10;1-2(3)4/h3-4H,10H2,1-2H3;1H3,(H,3,4). The maximum absolute atomic E-state index is 9.00. The van der Waals surface area contributed by atoms with Gasteiger partial charge >= 0.3 is 0 Å². The van der Waals surface area contributed by atoms with Crippen molar-refractivity contribution in [3.63, 3.8) is 0 Å². The maximum atomic E-state index is 9.00. The van der Waals surface area contributed by atoms with Gasteiger partial charge in [0.1, 0.15) is 5.75 Å². The predicted molar refractivity (Wildman–Crippen MR) is 63.2 cm³/mol. The van der Waals surface area contributed by atoms with Crippen molar-refractivity contribution in [1.29, 1.82) is 0 Å². The molecule has 0 heterocycles. The molecule has 0 saturated heterocycles. The molecule has 15 heavy (non-hydrogen) atoms. The number of hydrogen-bond donors (Lipinski definition) is 2. The van der Waals surface area contributed by atoms with Gasteiger partial charge in [-0.3, -0.25) is 4.79 Å². The van der Waals surface area contributed by atoms with Crippen LogP contribution in [0.2, 0.25) is 0 Å². The fourth-order valence-electron chi connectivity index (χ4n) is 0.825. The summed E-state index contributed by atoms with van der Waals surface area (Å²) in [6, 6.07) is 3.74. The Labute approximate surface area is 97.2 Å². The van der Waals surface area contributed by atoms with Crippen LogP contribution in [0.25, 0.3) is 0 Å². The third-order valence-corrected chi connectivity index (χ3v) is 2.16. The highest BCUT2D eigenvalue weighted by atomic mass is 79.9. The quantitative estimate of drug-likeness (QED) is 0.773. The first-order chi connectivity index (χ1) is 6.88. The molecule has 0 aliphatic heterocycles. The number of ether oxygens (including phenoxy) is 1. The van der Waals surface area contributed by atoms with E-state index in [0.29, 0.717) is 0 Å². The van der Waals surface area contributed by atoms with E-state index in [-0.39, 0.29) is 0 Å². The highest BCUT2D eigenvalue weighted by Crippen LogP contribution is 2.29. The van der Waals surface area contributed by atoms with E-state index in [1.807, 2.05) is 13.0 Å². The number of methoxy groups -OCH3 is 1. The van der Waals surface area contributed by atoms with Crippen molar-refractivity contribution in [2.24, 2.45) is 0 Å². The molecule has 1 aromatic carbocycles. The average molecular weight is 276 g/mol. The summed E-state index contributed by atoms with van der Waals surface area (Å²) in [6.45, 7) is 3.04. The lowest BCUT2D eigenvalue weighted by molar-refractivity contribution is -0.134. The molecule has 84 valence electrons. The Morgan fingerprint density at radius 1 is 1.53 bits per heavy atom. The smallest absolute Gasteiger partial charge is 0.300 e. The predicted octanol–water partition coefficient (Wildman–Crippen LogP) is 2.44. The van der Waals surface area contributed by atoms with Crippen LogP contribution in [0, 0.1) is 6.92 Å². The van der Waals surface area contributed by atoms with Gasteiger partial charge in [-0.05, 0) is 34.5 Å². The van der Waals surface area contributed by atoms with Gasteiger partial charge in [0.15, 0.2) is 0 Å². The molecule has 3 N–H and O–H groups in total. The minimum Gasteiger partial charge on any atom is -0.495 e. The van der Waals surface area contributed by atoms with Gasteiger partial charge in [-0.15, -0.1) is 0 Å². The van der Waals surface area contributed by atoms with Gasteiger partial charge in [0.25, 0.3) is 5.97 Å². The molecule has 0 aromatic heterocycles. The number of carboxylic acid groups (broad SMARTS) is 1. The van der Waals surface area contributed by atoms with Crippen LogP contribution < -0.4 is 10.5 Å². The van der Waals surface area contributed by atoms with Gasteiger partial charge in [-0.2, -0.15) is 0 Å². The average Bonchev–Trinajstić information content (AvgIpc) is 2.10. The van der Waals surface area contributed by atoms with Crippen molar-refractivity contribution in [3.8, 4) is 5.75 Å². The molecule has 5 heteroatoms. The highest BCUT2D eigenvalue weighted by Gasteiger charge is 2.01. The number of halogens is 1. The lowest BCUT2D eigenvalue weighted by Gasteiger charge is -2.06. The molecule has 4 nitrogen and oxygen atoms in total. The second-order valence-corrected chi connectivity index (χ2v) is 3.72. The minimum absolute atomic E-state index is 0.755. The Morgan fingerprint density at radius 2 is 2.00 bits per heavy atom. The Hall–Kier alpha value is -1.23. The van der Waals surface area contributed by atoms with Gasteiger partial charge in [0.05, 0.1) is 11.6 Å². The van der Waals surface area contributed by atoms with E-state index < -0.39 is 5.97 Å². The maximum Gasteiger partial charge on any atom is 0.300 e. The molecule has 0 unspecified atom stereocenters. The van der Waals surface area contributed by atoms with E-state index in [2.05, 4.69) is 15.9 Å². The van der Waals surface area contributed by atoms with E-state index >= 15 is 0 Å². The van der Waals surface area contributed by atoms with Crippen LogP contribution in [0.5, 0.6) is 5.75 Å². The molecule has 0 bridgehead atoms. The molecule has 1 rings (SSSR count). The number of rotatable bonds is 1. The van der Waals surface area contributed by atoms with E-state index in [9.17, 15) is 0 Å². The lowest BCUT2D eigenvalue weighted by atomic mass is 10.2. The SMILES string of the molecule is CC(=O)O.COc1cc(N)c(C)cc1Br. The van der Waals surface area contributed by atoms with Gasteiger partial charge in [-0.1, -0.05) is 0 Å². The number of carbonyl (C=O) groups is 1. The van der Waals surface area contributed by atoms with E-state index in [0.717, 1.165) is 28.4 Å². The fraction of sp³-hybridized carbons (Fsp3) is 0.300. The zero-order chi connectivity index (χ0) is 12.0. The van der Waals surface area contributed by atoms with Gasteiger partial charge in [-0.25, -0.2) is 0 Å². The molecule has 1 aromatic rings. The van der Waals surface area contributed by atoms with Crippen LogP contribution in [-0.2, 0) is 4.79 Å². The number of benzene rings is 1. The first-order valence-corrected chi connectivity index (χ1v) is 4.97. The summed E-state index contributed by atoms with van der Waals surface area (Å²) in [5.74, 6) is -0.0619. The first kappa shape index (κ1) is 13.8. The molecule has 0 fully saturated rings. The van der Waals surface area contributed by atoms with Crippen LogP contribution in [0.4, 0.5) is 5.69 Å². The second-order valence-electron chi connectivity index (χ2n) is 2.86. The van der Waals surface area contributed by atoms with Crippen molar-refractivity contribution in [1.82, 2.24) is 0 Å². The number of hydrogen-bond acceptors (Lipinski definition) is 3. The molecule has 0 amide bonds. The molecule has 0 aliphatic carbocycles. The fourth-order valence-corrected chi connectivity index (χ4v) is 1.44. The van der Waals surface area contributed by atoms with Crippen LogP contribution >= 0.6 is 15.9 Å². The van der Waals surface area contributed by atoms with Gasteiger partial charge in [0, 0.05) is 18.7 Å². The third kappa shape index (κ3) is 5.27. The van der Waals surface area contributed by atoms with Gasteiger partial charge in [0.2, 0.25) is 0 Å². The zero-order valence-corrected chi connectivity index (χ0v) is 10.5. The second kappa shape index (κ2) is 6.29. The van der Waals surface area contributed by atoms with Crippen molar-refractivity contribution < 1.29 is 14.6 Å². The molecule has 0 spiro atoms. The summed E-state index contributed by atoms with van der Waals surface area (Å²) in [4.78, 5) is 9.00. The normalized spacial score (nSPS) is 8.80. The van der Waals surface area contributed by atoms with E-state index in [4.69, 9.17) is 20.4 Å². The summed E-state index contributed by atoms with van der Waals surface area (Å²) in [6.07, 6.45) is 0. The topological polar surface area (TPSA) is 72.5 Å². The Bertz CT molecular complexity index is 349. The monoisotopic (exact) mass is 275 g/mol. The minimum atomic E-state index is -0.833. The summed E-state index contributed by atoms with van der Waals surface area (Å²) in [5, 5.41) is 7.42. The summed E-state index contributed by atoms with van der Waals surface area (Å²) >= 11 is 3.36. The van der Waals surface area contributed by atoms with E-state index in [1.54, 1.807) is 13.2 Å². The van der Waals surface area contributed by atoms with Crippen LogP contribution in [0.1, 0.15) is 12.5 Å². The molecule has 0 aliphatic rings. The number of nitrogen functional groups attached to an aromatic ring is 1. The van der Waals surface area contributed by atoms with Crippen LogP contribution in [0.15, 0.2) is 16.6 Å². The summed E-state index contributed by atoms with van der Waals surface area (Å²) in [7, 11) is 1.62. The molecular weight excluding hydrogens is 262 g/mol. The number of aryl methyl sites for hydroxylation is 1. The molecule has 0 radical (unpaired) electrons.